The average molecular weight is 174 g/mol. The lowest BCUT2D eigenvalue weighted by Gasteiger charge is -2.03. The molecule has 0 radical (unpaired) electrons. The molecule has 0 bridgehead atoms. The largest absolute Gasteiger partial charge is 0.388 e. The van der Waals surface area contributed by atoms with Gasteiger partial charge in [0.1, 0.15) is 0 Å². The van der Waals surface area contributed by atoms with Gasteiger partial charge in [-0.05, 0) is 24.5 Å². The number of hydrogen-bond donors (Lipinski definition) is 1. The zero-order valence-corrected chi connectivity index (χ0v) is 7.61. The first-order valence-corrected chi connectivity index (χ1v) is 4.41. The molecule has 68 valence electrons. The smallest absolute Gasteiger partial charge is 0.0797 e. The summed E-state index contributed by atoms with van der Waals surface area (Å²) in [7, 11) is 0. The lowest BCUT2D eigenvalue weighted by Crippen LogP contribution is -2.02. The molecule has 0 amide bonds. The molecule has 0 fully saturated rings. The van der Waals surface area contributed by atoms with Crippen molar-refractivity contribution in [3.63, 3.8) is 0 Å². The van der Waals surface area contributed by atoms with E-state index in [0.29, 0.717) is 0 Å². The molecule has 1 aromatic carbocycles. The van der Waals surface area contributed by atoms with Gasteiger partial charge in [-0.25, -0.2) is 0 Å². The van der Waals surface area contributed by atoms with E-state index in [-0.39, 0.29) is 0 Å². The minimum Gasteiger partial charge on any atom is -0.388 e. The molecular weight excluding hydrogens is 160 g/mol. The summed E-state index contributed by atoms with van der Waals surface area (Å²) in [6, 6.07) is 10.1. The van der Waals surface area contributed by atoms with E-state index in [2.05, 4.69) is 24.4 Å². The number of benzene rings is 1. The minimum absolute atomic E-state index is 0.419. The van der Waals surface area contributed by atoms with Gasteiger partial charge in [-0.2, -0.15) is 0 Å². The summed E-state index contributed by atoms with van der Waals surface area (Å²) < 4.78 is 0. The molecule has 1 atom stereocenters. The number of hydrogen-bond acceptors (Lipinski definition) is 1. The Bertz CT molecular complexity index is 283. The Morgan fingerprint density at radius 1 is 1.38 bits per heavy atom. The first-order chi connectivity index (χ1) is 6.33. The van der Waals surface area contributed by atoms with Gasteiger partial charge in [0.2, 0.25) is 0 Å². The van der Waals surface area contributed by atoms with E-state index in [1.165, 1.54) is 5.56 Å². The Kier molecular flexibility index (Phi) is 4.04. The van der Waals surface area contributed by atoms with Gasteiger partial charge < -0.3 is 5.11 Å². The second kappa shape index (κ2) is 5.36. The fourth-order valence-electron chi connectivity index (χ4n) is 1.18. The first-order valence-electron chi connectivity index (χ1n) is 4.41. The molecule has 0 saturated heterocycles. The van der Waals surface area contributed by atoms with Gasteiger partial charge in [0.25, 0.3) is 0 Å². The predicted octanol–water partition coefficient (Wildman–Crippen LogP) is 2.32. The highest BCUT2D eigenvalue weighted by atomic mass is 16.3. The molecule has 1 aromatic rings. The quantitative estimate of drug-likeness (QED) is 0.694. The van der Waals surface area contributed by atoms with E-state index >= 15 is 0 Å². The summed E-state index contributed by atoms with van der Waals surface area (Å²) in [5.74, 6) is 0. The predicted molar refractivity (Wildman–Crippen MR) is 54.5 cm³/mol. The second-order valence-electron chi connectivity index (χ2n) is 2.96. The van der Waals surface area contributed by atoms with Crippen LogP contribution in [0.1, 0.15) is 12.0 Å². The van der Waals surface area contributed by atoms with Crippen molar-refractivity contribution in [1.82, 2.24) is 0 Å². The number of aryl methyl sites for hydroxylation is 1. The molecule has 1 nitrogen and oxygen atoms in total. The van der Waals surface area contributed by atoms with Crippen LogP contribution in [-0.2, 0) is 6.42 Å². The normalized spacial score (nSPS) is 11.8. The zero-order chi connectivity index (χ0) is 9.52. The van der Waals surface area contributed by atoms with Gasteiger partial charge in [0.05, 0.1) is 6.10 Å². The van der Waals surface area contributed by atoms with Crippen LogP contribution in [0.3, 0.4) is 0 Å². The van der Waals surface area contributed by atoms with Crippen LogP contribution >= 0.6 is 0 Å². The van der Waals surface area contributed by atoms with Crippen molar-refractivity contribution in [2.75, 3.05) is 0 Å². The second-order valence-corrected chi connectivity index (χ2v) is 2.96. The van der Waals surface area contributed by atoms with Crippen molar-refractivity contribution in [3.05, 3.63) is 54.3 Å². The van der Waals surface area contributed by atoms with E-state index < -0.39 is 6.10 Å². The monoisotopic (exact) mass is 174 g/mol. The van der Waals surface area contributed by atoms with Crippen LogP contribution < -0.4 is 0 Å². The molecule has 1 rings (SSSR count). The van der Waals surface area contributed by atoms with Crippen LogP contribution in [0.15, 0.2) is 48.7 Å². The Morgan fingerprint density at radius 2 is 2.08 bits per heavy atom. The summed E-state index contributed by atoms with van der Waals surface area (Å²) in [6.07, 6.45) is 2.79. The molecule has 1 heteroatoms. The lowest BCUT2D eigenvalue weighted by molar-refractivity contribution is 0.213. The van der Waals surface area contributed by atoms with Crippen LogP contribution in [0.4, 0.5) is 0 Å². The van der Waals surface area contributed by atoms with Gasteiger partial charge in [-0.1, -0.05) is 36.9 Å². The maximum atomic E-state index is 9.35. The molecule has 0 aliphatic carbocycles. The van der Waals surface area contributed by atoms with Gasteiger partial charge in [-0.15, -0.1) is 5.73 Å². The third-order valence-corrected chi connectivity index (χ3v) is 1.88. The molecular formula is C12H14O. The van der Waals surface area contributed by atoms with E-state index in [1.807, 2.05) is 18.2 Å². The summed E-state index contributed by atoms with van der Waals surface area (Å²) in [5.41, 5.74) is 3.83. The van der Waals surface area contributed by atoms with Gasteiger partial charge in [0, 0.05) is 0 Å². The van der Waals surface area contributed by atoms with Crippen LogP contribution in [0.2, 0.25) is 0 Å². The number of aliphatic hydroxyl groups is 1. The van der Waals surface area contributed by atoms with Crippen molar-refractivity contribution in [2.45, 2.75) is 18.9 Å². The molecule has 0 aliphatic heterocycles. The molecule has 0 unspecified atom stereocenters. The first kappa shape index (κ1) is 9.79. The zero-order valence-electron chi connectivity index (χ0n) is 7.61. The van der Waals surface area contributed by atoms with Crippen molar-refractivity contribution >= 4 is 0 Å². The van der Waals surface area contributed by atoms with E-state index in [1.54, 1.807) is 6.08 Å². The number of rotatable bonds is 4. The molecule has 0 saturated carbocycles. The highest BCUT2D eigenvalue weighted by Gasteiger charge is 1.98. The van der Waals surface area contributed by atoms with E-state index in [4.69, 9.17) is 0 Å². The van der Waals surface area contributed by atoms with Crippen molar-refractivity contribution < 1.29 is 5.11 Å². The van der Waals surface area contributed by atoms with Crippen LogP contribution in [0.5, 0.6) is 0 Å². The lowest BCUT2D eigenvalue weighted by atomic mass is 10.1. The van der Waals surface area contributed by atoms with Crippen LogP contribution in [-0.4, -0.2) is 11.2 Å². The van der Waals surface area contributed by atoms with Gasteiger partial charge >= 0.3 is 0 Å². The van der Waals surface area contributed by atoms with Gasteiger partial charge in [0.15, 0.2) is 0 Å². The van der Waals surface area contributed by atoms with Crippen molar-refractivity contribution in [1.29, 1.82) is 0 Å². The van der Waals surface area contributed by atoms with E-state index in [0.717, 1.165) is 12.8 Å². The topological polar surface area (TPSA) is 20.2 Å². The highest BCUT2D eigenvalue weighted by Crippen LogP contribution is 2.04. The number of aliphatic hydroxyl groups excluding tert-OH is 1. The van der Waals surface area contributed by atoms with Gasteiger partial charge in [-0.3, -0.25) is 0 Å². The fourth-order valence-corrected chi connectivity index (χ4v) is 1.18. The summed E-state index contributed by atoms with van der Waals surface area (Å²) in [6.45, 7) is 3.42. The molecule has 0 spiro atoms. The molecule has 0 aromatic heterocycles. The van der Waals surface area contributed by atoms with Crippen molar-refractivity contribution in [2.24, 2.45) is 0 Å². The molecule has 13 heavy (non-hydrogen) atoms. The summed E-state index contributed by atoms with van der Waals surface area (Å²) in [5, 5.41) is 9.35. The average Bonchev–Trinajstić information content (AvgIpc) is 2.17. The van der Waals surface area contributed by atoms with Crippen molar-refractivity contribution in [3.8, 4) is 0 Å². The Labute approximate surface area is 79.0 Å². The third-order valence-electron chi connectivity index (χ3n) is 1.88. The molecule has 0 aliphatic rings. The Balaban J connectivity index is 2.39. The minimum atomic E-state index is -0.419. The standard InChI is InChI=1S/C12H14O/c1-2-6-12(13)10-9-11-7-4-3-5-8-11/h3-8,12-13H,1,9-10H2/t12-/m1/s1. The van der Waals surface area contributed by atoms with Crippen LogP contribution in [0, 0.1) is 0 Å². The fraction of sp³-hybridized carbons (Fsp3) is 0.250. The third kappa shape index (κ3) is 3.75. The maximum Gasteiger partial charge on any atom is 0.0797 e. The molecule has 0 heterocycles. The highest BCUT2D eigenvalue weighted by molar-refractivity contribution is 5.14. The van der Waals surface area contributed by atoms with E-state index in [9.17, 15) is 5.11 Å². The SMILES string of the molecule is C=C=C[C@@H](O)CCc1ccccc1. The Hall–Kier alpha value is -1.30. The maximum absolute atomic E-state index is 9.35. The Morgan fingerprint density at radius 3 is 2.69 bits per heavy atom. The molecule has 1 N–H and O–H groups in total. The van der Waals surface area contributed by atoms with Crippen LogP contribution in [0.25, 0.3) is 0 Å². The summed E-state index contributed by atoms with van der Waals surface area (Å²) in [4.78, 5) is 0. The summed E-state index contributed by atoms with van der Waals surface area (Å²) >= 11 is 0.